The lowest BCUT2D eigenvalue weighted by molar-refractivity contribution is 0.672. The quantitative estimate of drug-likeness (QED) is 0.203. The first-order valence-corrected chi connectivity index (χ1v) is 12.3. The van der Waals surface area contributed by atoms with E-state index >= 15 is 0 Å². The molecule has 0 saturated carbocycles. The van der Waals surface area contributed by atoms with Gasteiger partial charge in [0, 0.05) is 38.2 Å². The van der Waals surface area contributed by atoms with E-state index in [9.17, 15) is 0 Å². The normalized spacial score (nSPS) is 10.8. The highest BCUT2D eigenvalue weighted by atomic mass is 16.3. The highest BCUT2D eigenvalue weighted by Crippen LogP contribution is 2.41. The van der Waals surface area contributed by atoms with Crippen molar-refractivity contribution in [3.63, 3.8) is 0 Å². The minimum atomic E-state index is 0.783. The second-order valence-electron chi connectivity index (χ2n) is 9.00. The Morgan fingerprint density at radius 1 is 0.378 bits per heavy atom. The Labute approximate surface area is 215 Å². The third kappa shape index (κ3) is 3.63. The van der Waals surface area contributed by atoms with Crippen molar-refractivity contribution in [1.82, 2.24) is 0 Å². The van der Waals surface area contributed by atoms with Gasteiger partial charge in [0.25, 0.3) is 0 Å². The number of fused-ring (bicyclic) bond motifs is 6. The van der Waals surface area contributed by atoms with Gasteiger partial charge in [-0.25, -0.2) is 0 Å². The van der Waals surface area contributed by atoms with E-state index < -0.39 is 0 Å². The van der Waals surface area contributed by atoms with Gasteiger partial charge in [0.15, 0.2) is 5.58 Å². The van der Waals surface area contributed by atoms with Crippen LogP contribution in [0, 0.1) is 23.7 Å². The van der Waals surface area contributed by atoms with E-state index in [0.717, 1.165) is 65.7 Å². The molecule has 170 valence electrons. The van der Waals surface area contributed by atoms with Crippen LogP contribution < -0.4 is 0 Å². The van der Waals surface area contributed by atoms with Crippen LogP contribution in [0.5, 0.6) is 0 Å². The number of rotatable bonds is 0. The Morgan fingerprint density at radius 3 is 1.59 bits per heavy atom. The van der Waals surface area contributed by atoms with Gasteiger partial charge < -0.3 is 4.42 Å². The molecule has 0 aliphatic rings. The molecule has 37 heavy (non-hydrogen) atoms. The van der Waals surface area contributed by atoms with Gasteiger partial charge in [-0.3, -0.25) is 0 Å². The summed E-state index contributed by atoms with van der Waals surface area (Å²) in [5.74, 6) is 13.7. The smallest absolute Gasteiger partial charge is 0.152 e. The number of benzene rings is 6. The summed E-state index contributed by atoms with van der Waals surface area (Å²) in [6, 6.07) is 41.2. The lowest BCUT2D eigenvalue weighted by atomic mass is 9.93. The van der Waals surface area contributed by atoms with Crippen molar-refractivity contribution in [2.45, 2.75) is 0 Å². The highest BCUT2D eigenvalue weighted by molar-refractivity contribution is 6.22. The average Bonchev–Trinajstić information content (AvgIpc) is 3.36. The fraction of sp³-hybridized carbons (Fsp3) is 0. The number of hydrogen-bond donors (Lipinski definition) is 0. The van der Waals surface area contributed by atoms with Crippen molar-refractivity contribution in [2.24, 2.45) is 0 Å². The van der Waals surface area contributed by atoms with Crippen LogP contribution in [0.25, 0.3) is 43.5 Å². The molecule has 0 unspecified atom stereocenters. The van der Waals surface area contributed by atoms with Gasteiger partial charge >= 0.3 is 0 Å². The zero-order valence-corrected chi connectivity index (χ0v) is 20.0. The monoisotopic (exact) mass is 468 g/mol. The molecule has 1 aromatic heterocycles. The van der Waals surface area contributed by atoms with Gasteiger partial charge in [-0.15, -0.1) is 0 Å². The topological polar surface area (TPSA) is 13.1 Å². The zero-order valence-electron chi connectivity index (χ0n) is 20.0. The summed E-state index contributed by atoms with van der Waals surface area (Å²) in [4.78, 5) is 0. The third-order valence-electron chi connectivity index (χ3n) is 6.73. The van der Waals surface area contributed by atoms with E-state index in [2.05, 4.69) is 78.3 Å². The van der Waals surface area contributed by atoms with Crippen LogP contribution in [-0.2, 0) is 0 Å². The molecule has 1 heteroatoms. The predicted molar refractivity (Wildman–Crippen MR) is 154 cm³/mol. The molecule has 0 amide bonds. The van der Waals surface area contributed by atoms with E-state index in [-0.39, 0.29) is 0 Å². The number of furan rings is 1. The molecule has 0 saturated heterocycles. The van der Waals surface area contributed by atoms with Crippen LogP contribution >= 0.6 is 0 Å². The van der Waals surface area contributed by atoms with Crippen LogP contribution in [0.3, 0.4) is 0 Å². The van der Waals surface area contributed by atoms with Gasteiger partial charge in [-0.2, -0.15) is 0 Å². The maximum atomic E-state index is 6.72. The molecule has 0 N–H and O–H groups in total. The standard InChI is InChI=1S/C36H20O/c1-3-11-25(12-4-1)19-22-31-29-17-9-10-18-30(29)32(23-20-26-13-5-2-6-14-26)36-34(31)33-24-21-27-15-7-8-16-28(27)35(33)37-36/h1-18,21,24H. The van der Waals surface area contributed by atoms with E-state index in [0.29, 0.717) is 0 Å². The molecule has 7 rings (SSSR count). The van der Waals surface area contributed by atoms with Gasteiger partial charge in [0.2, 0.25) is 0 Å². The third-order valence-corrected chi connectivity index (χ3v) is 6.73. The molecule has 0 atom stereocenters. The highest BCUT2D eigenvalue weighted by Gasteiger charge is 2.19. The summed E-state index contributed by atoms with van der Waals surface area (Å²) in [6.45, 7) is 0. The summed E-state index contributed by atoms with van der Waals surface area (Å²) >= 11 is 0. The van der Waals surface area contributed by atoms with E-state index in [1.807, 2.05) is 66.7 Å². The Morgan fingerprint density at radius 2 is 0.919 bits per heavy atom. The Hall–Kier alpha value is -5.24. The summed E-state index contributed by atoms with van der Waals surface area (Å²) in [5.41, 5.74) is 5.45. The molecule has 0 spiro atoms. The summed E-state index contributed by atoms with van der Waals surface area (Å²) in [6.07, 6.45) is 0. The van der Waals surface area contributed by atoms with E-state index in [4.69, 9.17) is 4.42 Å². The molecule has 0 fully saturated rings. The van der Waals surface area contributed by atoms with Crippen molar-refractivity contribution in [1.29, 1.82) is 0 Å². The minimum absolute atomic E-state index is 0.783. The van der Waals surface area contributed by atoms with Crippen molar-refractivity contribution in [2.75, 3.05) is 0 Å². The molecule has 0 aliphatic heterocycles. The molecular formula is C36H20O. The van der Waals surface area contributed by atoms with Gasteiger partial charge in [0.1, 0.15) is 5.58 Å². The summed E-state index contributed by atoms with van der Waals surface area (Å²) < 4.78 is 6.72. The molecule has 0 aliphatic carbocycles. The largest absolute Gasteiger partial charge is 0.454 e. The van der Waals surface area contributed by atoms with Gasteiger partial charge in [0.05, 0.1) is 5.56 Å². The number of hydrogen-bond acceptors (Lipinski definition) is 1. The predicted octanol–water partition coefficient (Wildman–Crippen LogP) is 8.69. The molecule has 6 aromatic carbocycles. The fourth-order valence-electron chi connectivity index (χ4n) is 4.99. The summed E-state index contributed by atoms with van der Waals surface area (Å²) in [5, 5.41) is 6.42. The Balaban J connectivity index is 1.64. The average molecular weight is 469 g/mol. The second-order valence-corrected chi connectivity index (χ2v) is 9.00. The maximum absolute atomic E-state index is 6.72. The maximum Gasteiger partial charge on any atom is 0.152 e. The minimum Gasteiger partial charge on any atom is -0.454 e. The fourth-order valence-corrected chi connectivity index (χ4v) is 4.99. The molecule has 0 radical (unpaired) electrons. The first-order chi connectivity index (χ1) is 18.4. The van der Waals surface area contributed by atoms with E-state index in [1.165, 1.54) is 0 Å². The van der Waals surface area contributed by atoms with Crippen molar-refractivity contribution in [3.8, 4) is 23.7 Å². The molecule has 7 aromatic rings. The second kappa shape index (κ2) is 8.76. The van der Waals surface area contributed by atoms with Crippen molar-refractivity contribution < 1.29 is 4.42 Å². The molecule has 0 bridgehead atoms. The molecular weight excluding hydrogens is 448 g/mol. The summed E-state index contributed by atoms with van der Waals surface area (Å²) in [7, 11) is 0. The molecule has 1 nitrogen and oxygen atoms in total. The lowest BCUT2D eigenvalue weighted by Gasteiger charge is -2.07. The van der Waals surface area contributed by atoms with Gasteiger partial charge in [-0.05, 0) is 41.1 Å². The Kier molecular flexibility index (Phi) is 4.99. The van der Waals surface area contributed by atoms with Crippen LogP contribution in [0.1, 0.15) is 22.3 Å². The van der Waals surface area contributed by atoms with Gasteiger partial charge in [-0.1, -0.05) is 115 Å². The van der Waals surface area contributed by atoms with Crippen LogP contribution in [0.2, 0.25) is 0 Å². The van der Waals surface area contributed by atoms with Crippen molar-refractivity contribution >= 4 is 43.5 Å². The van der Waals surface area contributed by atoms with Crippen molar-refractivity contribution in [3.05, 3.63) is 144 Å². The SMILES string of the molecule is C(#Cc1c2ccccc2c(C#Cc2ccccc2)c2c1oc1c3ccccc3ccc12)c1ccccc1. The van der Waals surface area contributed by atoms with E-state index in [1.54, 1.807) is 0 Å². The lowest BCUT2D eigenvalue weighted by Crippen LogP contribution is -1.89. The zero-order chi connectivity index (χ0) is 24.6. The first kappa shape index (κ1) is 21.1. The van der Waals surface area contributed by atoms with Crippen LogP contribution in [0.4, 0.5) is 0 Å². The molecule has 1 heterocycles. The van der Waals surface area contributed by atoms with Crippen LogP contribution in [0.15, 0.2) is 126 Å². The Bertz CT molecular complexity index is 2070. The van der Waals surface area contributed by atoms with Crippen LogP contribution in [-0.4, -0.2) is 0 Å². The first-order valence-electron chi connectivity index (χ1n) is 12.3.